The molecule has 2 aliphatic rings. The third-order valence-corrected chi connectivity index (χ3v) is 24.2. The second-order valence-corrected chi connectivity index (χ2v) is 31.0. The molecule has 13 heteroatoms. The molecule has 0 fully saturated rings. The monoisotopic (exact) mass is 1600 g/mol. The molecule has 0 saturated carbocycles. The molecule has 13 nitrogen and oxygen atoms in total. The number of ether oxygens (including phenoxy) is 7. The Balaban J connectivity index is 0.783. The molecule has 0 bridgehead atoms. The predicted octanol–water partition coefficient (Wildman–Crippen LogP) is 28.1. The Labute approximate surface area is 714 Å². The average molecular weight is 1600 g/mol. The summed E-state index contributed by atoms with van der Waals surface area (Å²) in [7, 11) is 12.0. The van der Waals surface area contributed by atoms with E-state index in [1.165, 1.54) is 60.7 Å². The first-order valence-corrected chi connectivity index (χ1v) is 41.9. The van der Waals surface area contributed by atoms with Crippen molar-refractivity contribution < 1.29 is 33.2 Å². The largest absolute Gasteiger partial charge is 0.497 e. The lowest BCUT2D eigenvalue weighted by Crippen LogP contribution is -2.30. The van der Waals surface area contributed by atoms with Crippen LogP contribution in [0.1, 0.15) is 68.1 Å². The van der Waals surface area contributed by atoms with Gasteiger partial charge in [0.25, 0.3) is 0 Å². The number of methoxy groups -OCH3 is 7. The number of fused-ring (bicyclic) bond motifs is 6. The van der Waals surface area contributed by atoms with E-state index in [1.807, 2.05) is 72.8 Å². The lowest BCUT2D eigenvalue weighted by Gasteiger charge is -2.33. The summed E-state index contributed by atoms with van der Waals surface area (Å²) in [6.07, 6.45) is 14.1. The Morgan fingerprint density at radius 3 is 0.959 bits per heavy atom. The van der Waals surface area contributed by atoms with Crippen LogP contribution in [0.3, 0.4) is 0 Å². The van der Waals surface area contributed by atoms with Gasteiger partial charge < -0.3 is 61.9 Å². The molecule has 2 heterocycles. The summed E-state index contributed by atoms with van der Waals surface area (Å²) in [6.45, 7) is 4.54. The molecule has 122 heavy (non-hydrogen) atoms. The van der Waals surface area contributed by atoms with E-state index in [9.17, 15) is 0 Å². The molecule has 0 saturated heterocycles. The number of anilines is 11. The molecule has 606 valence electrons. The Bertz CT molecular complexity index is 6340. The number of aryl methyl sites for hydroxylation is 1. The minimum absolute atomic E-state index is 0.0601. The number of allylic oxidation sites excluding steroid dienone is 2. The predicted molar refractivity (Wildman–Crippen MR) is 504 cm³/mol. The van der Waals surface area contributed by atoms with Gasteiger partial charge in [0.2, 0.25) is 0 Å². The van der Waals surface area contributed by atoms with Crippen LogP contribution < -0.4 is 48.0 Å². The first kappa shape index (κ1) is 78.6. The minimum atomic E-state index is -0.132. The maximum absolute atomic E-state index is 5.67. The van der Waals surface area contributed by atoms with Gasteiger partial charge in [-0.15, -0.1) is 0 Å². The van der Waals surface area contributed by atoms with Crippen LogP contribution in [0.15, 0.2) is 346 Å². The van der Waals surface area contributed by atoms with Crippen molar-refractivity contribution in [2.75, 3.05) is 69.4 Å². The van der Waals surface area contributed by atoms with Gasteiger partial charge in [0.05, 0.1) is 72.4 Å². The second kappa shape index (κ2) is 34.8. The molecule has 18 rings (SSSR count). The highest BCUT2D eigenvalue weighted by molar-refractivity contribution is 6.11. The van der Waals surface area contributed by atoms with Crippen LogP contribution in [0.2, 0.25) is 0 Å². The quantitative estimate of drug-likeness (QED) is 0.0470. The summed E-state index contributed by atoms with van der Waals surface area (Å²) in [5.41, 5.74) is 28.1. The lowest BCUT2D eigenvalue weighted by atomic mass is 9.90. The van der Waals surface area contributed by atoms with Gasteiger partial charge in [0.15, 0.2) is 0 Å². The average Bonchev–Trinajstić information content (AvgIpc) is 1.56. The van der Waals surface area contributed by atoms with Crippen LogP contribution >= 0.6 is 0 Å². The number of nitrogens with zero attached hydrogens (tertiary/aromatic N) is 6. The van der Waals surface area contributed by atoms with Gasteiger partial charge in [0.1, 0.15) is 46.4 Å². The fourth-order valence-corrected chi connectivity index (χ4v) is 17.8. The van der Waals surface area contributed by atoms with Crippen molar-refractivity contribution in [3.8, 4) is 67.9 Å². The van der Waals surface area contributed by atoms with Crippen LogP contribution in [0.25, 0.3) is 77.7 Å². The highest BCUT2D eigenvalue weighted by Gasteiger charge is 2.31. The fourth-order valence-electron chi connectivity index (χ4n) is 17.8. The third-order valence-electron chi connectivity index (χ3n) is 24.2. The molecular weight excluding hydrogens is 1510 g/mol. The summed E-state index contributed by atoms with van der Waals surface area (Å²) in [6, 6.07) is 116. The maximum Gasteiger partial charge on any atom is 0.119 e. The van der Waals surface area contributed by atoms with Gasteiger partial charge in [-0.05, 0) is 343 Å². The third kappa shape index (κ3) is 15.5. The van der Waals surface area contributed by atoms with Gasteiger partial charge >= 0.3 is 0 Å². The van der Waals surface area contributed by atoms with E-state index in [0.717, 1.165) is 175 Å². The summed E-state index contributed by atoms with van der Waals surface area (Å²) in [4.78, 5) is 9.28. The Hall–Kier alpha value is -14.6. The molecule has 0 radical (unpaired) electrons. The number of hydrogen-bond donors (Lipinski definition) is 0. The molecule has 0 amide bonds. The van der Waals surface area contributed by atoms with Gasteiger partial charge in [-0.3, -0.25) is 0 Å². The van der Waals surface area contributed by atoms with E-state index in [2.05, 4.69) is 316 Å². The standard InChI is InChI=1S/C109H98N6O7/c1-10-12-109(114-105-65-23-78(74-15-29-83(30-16-74)110(82-27-13-73(11-2)14-28-82)87-37-51-94(116-3)52-38-87)69-101(105)102-70-79(24-66-106(102)114)75-17-31-84(32-18-75)111(88-39-53-95(117-4)54-40-88)89-41-55-96(118-5)56-42-89)115-107-67-25-80(76-19-33-85(34-20-76)112(90-43-57-97(119-6)58-44-90)91-45-59-98(120-7)60-46-91)71-103(107)104-72-81(26-68-108(104)115)77-21-35-86(36-22-77)113(92-47-61-99(121-8)62-48-92)93-49-63-100(122-9)64-50-93/h13-22,24-49,51-64,66-72,93,109H,10-12,23,50,65H2,1-9H3. The van der Waals surface area contributed by atoms with Crippen LogP contribution in [0.5, 0.6) is 34.5 Å². The Morgan fingerprint density at radius 2 is 0.631 bits per heavy atom. The number of benzene rings is 14. The van der Waals surface area contributed by atoms with E-state index >= 15 is 0 Å². The van der Waals surface area contributed by atoms with Crippen molar-refractivity contribution in [3.05, 3.63) is 368 Å². The van der Waals surface area contributed by atoms with Crippen LogP contribution in [-0.4, -0.2) is 64.9 Å². The zero-order valence-electron chi connectivity index (χ0n) is 70.3. The van der Waals surface area contributed by atoms with Crippen LogP contribution in [0, 0.1) is 0 Å². The second-order valence-electron chi connectivity index (χ2n) is 31.0. The van der Waals surface area contributed by atoms with Crippen molar-refractivity contribution >= 4 is 107 Å². The molecule has 2 unspecified atom stereocenters. The van der Waals surface area contributed by atoms with E-state index in [-0.39, 0.29) is 12.2 Å². The van der Waals surface area contributed by atoms with E-state index in [1.54, 1.807) is 49.8 Å². The van der Waals surface area contributed by atoms with E-state index < -0.39 is 0 Å². The smallest absolute Gasteiger partial charge is 0.119 e. The van der Waals surface area contributed by atoms with Gasteiger partial charge in [-0.25, -0.2) is 0 Å². The molecule has 0 spiro atoms. The number of rotatable bonds is 28. The fraction of sp³-hybridized carbons (Fsp3) is 0.156. The van der Waals surface area contributed by atoms with Crippen LogP contribution in [0.4, 0.5) is 62.6 Å². The molecular formula is C109H98N6O7. The zero-order valence-corrected chi connectivity index (χ0v) is 70.3. The van der Waals surface area contributed by atoms with Crippen molar-refractivity contribution in [1.29, 1.82) is 0 Å². The number of aromatic nitrogens is 2. The van der Waals surface area contributed by atoms with Gasteiger partial charge in [0, 0.05) is 90.0 Å². The van der Waals surface area contributed by atoms with Crippen molar-refractivity contribution in [2.45, 2.75) is 64.6 Å². The molecule has 2 aromatic heterocycles. The SMILES string of the molecule is CCCC(n1c2c(c3cc(-c4ccc(N(c5ccc(OC)cc5)c5ccc(OC)cc5)cc4)ccc31)C=C(c1ccc(N(c3ccc(CC)cc3)c3ccc(OC)cc3)cc1)CC2)n1c2ccc(-c3ccc(N(c4ccc(OC)cc4)c4ccc(OC)cc4)cc3)cc2c2cc(-c3ccc(N(c4ccc(OC)cc4)C4C=CC(OC)=CC4)cc3)ccc21. The normalized spacial score (nSPS) is 13.2. The minimum Gasteiger partial charge on any atom is -0.497 e. The first-order valence-electron chi connectivity index (χ1n) is 41.9. The maximum atomic E-state index is 5.67. The molecule has 2 aliphatic carbocycles. The molecule has 0 aliphatic heterocycles. The number of hydrogen-bond acceptors (Lipinski definition) is 11. The first-order chi connectivity index (χ1) is 60.0. The Kier molecular flexibility index (Phi) is 22.4. The highest BCUT2D eigenvalue weighted by atomic mass is 16.5. The van der Waals surface area contributed by atoms with Crippen molar-refractivity contribution in [2.24, 2.45) is 0 Å². The van der Waals surface area contributed by atoms with E-state index in [4.69, 9.17) is 33.2 Å². The van der Waals surface area contributed by atoms with Gasteiger partial charge in [-0.2, -0.15) is 0 Å². The lowest BCUT2D eigenvalue weighted by molar-refractivity contribution is 0.303. The van der Waals surface area contributed by atoms with Gasteiger partial charge in [-0.1, -0.05) is 105 Å². The summed E-state index contributed by atoms with van der Waals surface area (Å²) >= 11 is 0. The summed E-state index contributed by atoms with van der Waals surface area (Å²) in [5, 5.41) is 3.58. The molecule has 16 aromatic rings. The van der Waals surface area contributed by atoms with Crippen molar-refractivity contribution in [1.82, 2.24) is 9.13 Å². The zero-order chi connectivity index (χ0) is 83.3. The highest BCUT2D eigenvalue weighted by Crippen LogP contribution is 2.48. The Morgan fingerprint density at radius 1 is 0.320 bits per heavy atom. The van der Waals surface area contributed by atoms with Crippen molar-refractivity contribution in [3.63, 3.8) is 0 Å². The summed E-state index contributed by atoms with van der Waals surface area (Å²) < 4.78 is 44.9. The molecule has 14 aromatic carbocycles. The topological polar surface area (TPSA) is 87.4 Å². The van der Waals surface area contributed by atoms with E-state index in [0.29, 0.717) is 0 Å². The molecule has 0 N–H and O–H groups in total. The van der Waals surface area contributed by atoms with Crippen LogP contribution in [-0.2, 0) is 17.6 Å². The molecule has 2 atom stereocenters. The summed E-state index contributed by atoms with van der Waals surface area (Å²) in [5.74, 6) is 5.69.